The van der Waals surface area contributed by atoms with Crippen molar-refractivity contribution in [3.63, 3.8) is 0 Å². The Labute approximate surface area is 110 Å². The van der Waals surface area contributed by atoms with Gasteiger partial charge in [0.1, 0.15) is 0 Å². The van der Waals surface area contributed by atoms with Crippen molar-refractivity contribution in [3.05, 3.63) is 35.4 Å². The highest BCUT2D eigenvalue weighted by molar-refractivity contribution is 5.82. The molecule has 2 nitrogen and oxygen atoms in total. The van der Waals surface area contributed by atoms with E-state index in [1.54, 1.807) is 0 Å². The van der Waals surface area contributed by atoms with E-state index in [2.05, 4.69) is 57.3 Å². The first kappa shape index (κ1) is 13.1. The van der Waals surface area contributed by atoms with E-state index >= 15 is 0 Å². The summed E-state index contributed by atoms with van der Waals surface area (Å²) < 4.78 is 0. The van der Waals surface area contributed by atoms with Gasteiger partial charge in [-0.05, 0) is 31.4 Å². The Morgan fingerprint density at radius 1 is 1.17 bits per heavy atom. The van der Waals surface area contributed by atoms with E-state index in [-0.39, 0.29) is 16.9 Å². The molecular weight excluding hydrogens is 222 g/mol. The fraction of sp³-hybridized carbons (Fsp3) is 0.562. The van der Waals surface area contributed by atoms with Gasteiger partial charge in [-0.25, -0.2) is 0 Å². The molecular formula is C16H23NO. The number of carbonyl (C=O) groups is 1. The molecule has 1 heterocycles. The van der Waals surface area contributed by atoms with E-state index in [1.165, 1.54) is 17.5 Å². The van der Waals surface area contributed by atoms with E-state index in [0.717, 1.165) is 6.42 Å². The summed E-state index contributed by atoms with van der Waals surface area (Å²) in [5.74, 6) is 0.153. The van der Waals surface area contributed by atoms with Crippen LogP contribution in [-0.4, -0.2) is 11.4 Å². The molecule has 1 unspecified atom stereocenters. The van der Waals surface area contributed by atoms with E-state index in [4.69, 9.17) is 0 Å². The van der Waals surface area contributed by atoms with Crippen LogP contribution in [0.5, 0.6) is 0 Å². The molecule has 1 atom stereocenters. The van der Waals surface area contributed by atoms with Gasteiger partial charge in [0, 0.05) is 17.4 Å². The van der Waals surface area contributed by atoms with Crippen molar-refractivity contribution in [2.24, 2.45) is 0 Å². The molecule has 18 heavy (non-hydrogen) atoms. The molecule has 1 aliphatic heterocycles. The minimum Gasteiger partial charge on any atom is -0.350 e. The van der Waals surface area contributed by atoms with Gasteiger partial charge in [0.25, 0.3) is 0 Å². The van der Waals surface area contributed by atoms with Gasteiger partial charge >= 0.3 is 0 Å². The number of carbonyl (C=O) groups excluding carboxylic acids is 1. The van der Waals surface area contributed by atoms with Crippen molar-refractivity contribution in [2.75, 3.05) is 0 Å². The molecule has 2 heteroatoms. The highest BCUT2D eigenvalue weighted by Gasteiger charge is 2.50. The Kier molecular flexibility index (Phi) is 3.22. The average molecular weight is 245 g/mol. The van der Waals surface area contributed by atoms with Gasteiger partial charge in [0.05, 0.1) is 0 Å². The lowest BCUT2D eigenvalue weighted by atomic mass is 9.69. The van der Waals surface area contributed by atoms with E-state index < -0.39 is 0 Å². The normalized spacial score (nSPS) is 26.1. The predicted molar refractivity (Wildman–Crippen MR) is 74.6 cm³/mol. The van der Waals surface area contributed by atoms with E-state index in [0.29, 0.717) is 6.42 Å². The van der Waals surface area contributed by atoms with Crippen LogP contribution in [0.25, 0.3) is 0 Å². The Balaban J connectivity index is 2.33. The zero-order valence-electron chi connectivity index (χ0n) is 11.8. The monoisotopic (exact) mass is 245 g/mol. The number of rotatable bonds is 3. The van der Waals surface area contributed by atoms with Gasteiger partial charge in [-0.2, -0.15) is 0 Å². The third-order valence-electron chi connectivity index (χ3n) is 4.48. The minimum atomic E-state index is -0.184. The van der Waals surface area contributed by atoms with Crippen molar-refractivity contribution in [1.29, 1.82) is 0 Å². The minimum absolute atomic E-state index is 0.116. The molecule has 0 radical (unpaired) electrons. The molecule has 0 bridgehead atoms. The molecule has 0 spiro atoms. The standard InChI is InChI=1S/C16H23NO/c1-5-6-12-7-9-13(10-8-12)16(4)11-14(18)17-15(16,2)3/h7-10H,5-6,11H2,1-4H3,(H,17,18). The summed E-state index contributed by atoms with van der Waals surface area (Å²) in [7, 11) is 0. The van der Waals surface area contributed by atoms with Gasteiger partial charge < -0.3 is 5.32 Å². The number of nitrogens with one attached hydrogen (secondary N) is 1. The van der Waals surface area contributed by atoms with Gasteiger partial charge in [-0.15, -0.1) is 0 Å². The molecule has 1 saturated heterocycles. The molecule has 1 aromatic carbocycles. The van der Waals surface area contributed by atoms with Gasteiger partial charge in [-0.3, -0.25) is 4.79 Å². The molecule has 1 aromatic rings. The quantitative estimate of drug-likeness (QED) is 0.870. The van der Waals surface area contributed by atoms with Crippen LogP contribution in [0.3, 0.4) is 0 Å². The van der Waals surface area contributed by atoms with Crippen molar-refractivity contribution in [2.45, 2.75) is 57.9 Å². The maximum absolute atomic E-state index is 11.7. The van der Waals surface area contributed by atoms with Crippen molar-refractivity contribution in [1.82, 2.24) is 5.32 Å². The molecule has 0 saturated carbocycles. The molecule has 1 N–H and O–H groups in total. The summed E-state index contributed by atoms with van der Waals surface area (Å²) in [5, 5.41) is 3.08. The molecule has 2 rings (SSSR count). The van der Waals surface area contributed by atoms with Crippen molar-refractivity contribution >= 4 is 5.91 Å². The Hall–Kier alpha value is -1.31. The third-order valence-corrected chi connectivity index (χ3v) is 4.48. The number of hydrogen-bond donors (Lipinski definition) is 1. The SMILES string of the molecule is CCCc1ccc(C2(C)CC(=O)NC2(C)C)cc1. The highest BCUT2D eigenvalue weighted by atomic mass is 16.2. The van der Waals surface area contributed by atoms with Crippen LogP contribution in [0, 0.1) is 0 Å². The lowest BCUT2D eigenvalue weighted by Crippen LogP contribution is -2.48. The lowest BCUT2D eigenvalue weighted by molar-refractivity contribution is -0.119. The summed E-state index contributed by atoms with van der Waals surface area (Å²) in [6.07, 6.45) is 2.87. The third kappa shape index (κ3) is 2.05. The maximum atomic E-state index is 11.7. The summed E-state index contributed by atoms with van der Waals surface area (Å²) in [6, 6.07) is 8.77. The van der Waals surface area contributed by atoms with Crippen LogP contribution in [0.2, 0.25) is 0 Å². The summed E-state index contributed by atoms with van der Waals surface area (Å²) in [5.41, 5.74) is 2.33. The Morgan fingerprint density at radius 2 is 1.78 bits per heavy atom. The van der Waals surface area contributed by atoms with Gasteiger partial charge in [0.2, 0.25) is 5.91 Å². The summed E-state index contributed by atoms with van der Waals surface area (Å²) in [4.78, 5) is 11.7. The highest BCUT2D eigenvalue weighted by Crippen LogP contribution is 2.42. The zero-order valence-corrected chi connectivity index (χ0v) is 11.8. The molecule has 1 amide bonds. The topological polar surface area (TPSA) is 29.1 Å². The van der Waals surface area contributed by atoms with Crippen LogP contribution >= 0.6 is 0 Å². The number of aryl methyl sites for hydroxylation is 1. The van der Waals surface area contributed by atoms with Crippen LogP contribution < -0.4 is 5.32 Å². The second-order valence-corrected chi connectivity index (χ2v) is 6.13. The fourth-order valence-electron chi connectivity index (χ4n) is 2.86. The van der Waals surface area contributed by atoms with E-state index in [9.17, 15) is 4.79 Å². The second-order valence-electron chi connectivity index (χ2n) is 6.13. The van der Waals surface area contributed by atoms with Crippen LogP contribution in [0.15, 0.2) is 24.3 Å². The first-order valence-corrected chi connectivity index (χ1v) is 6.79. The van der Waals surface area contributed by atoms with Gasteiger partial charge in [-0.1, -0.05) is 44.5 Å². The second kappa shape index (κ2) is 4.42. The van der Waals surface area contributed by atoms with Gasteiger partial charge in [0.15, 0.2) is 0 Å². The molecule has 0 aliphatic carbocycles. The largest absolute Gasteiger partial charge is 0.350 e. The molecule has 1 fully saturated rings. The summed E-state index contributed by atoms with van der Waals surface area (Å²) >= 11 is 0. The van der Waals surface area contributed by atoms with E-state index in [1.807, 2.05) is 0 Å². The Morgan fingerprint density at radius 3 is 2.22 bits per heavy atom. The van der Waals surface area contributed by atoms with Crippen LogP contribution in [0.1, 0.15) is 51.7 Å². The molecule has 0 aromatic heterocycles. The molecule has 1 aliphatic rings. The van der Waals surface area contributed by atoms with Crippen molar-refractivity contribution < 1.29 is 4.79 Å². The van der Waals surface area contributed by atoms with Crippen molar-refractivity contribution in [3.8, 4) is 0 Å². The van der Waals surface area contributed by atoms with Crippen LogP contribution in [0.4, 0.5) is 0 Å². The Bertz CT molecular complexity index is 447. The first-order valence-electron chi connectivity index (χ1n) is 6.79. The first-order chi connectivity index (χ1) is 8.39. The smallest absolute Gasteiger partial charge is 0.221 e. The molecule has 98 valence electrons. The fourth-order valence-corrected chi connectivity index (χ4v) is 2.86. The number of hydrogen-bond acceptors (Lipinski definition) is 1. The number of benzene rings is 1. The maximum Gasteiger partial charge on any atom is 0.221 e. The van der Waals surface area contributed by atoms with Crippen LogP contribution in [-0.2, 0) is 16.6 Å². The number of amides is 1. The lowest BCUT2D eigenvalue weighted by Gasteiger charge is -2.37. The predicted octanol–water partition coefficient (Wildman–Crippen LogP) is 3.20. The zero-order chi connectivity index (χ0) is 13.4. The average Bonchev–Trinajstić information content (AvgIpc) is 2.49. The summed E-state index contributed by atoms with van der Waals surface area (Å²) in [6.45, 7) is 8.59.